The van der Waals surface area contributed by atoms with Crippen molar-refractivity contribution in [3.63, 3.8) is 0 Å². The van der Waals surface area contributed by atoms with E-state index in [1.165, 1.54) is 42.3 Å². The van der Waals surface area contributed by atoms with Gasteiger partial charge in [-0.15, -0.1) is 0 Å². The number of ether oxygens (including phenoxy) is 1. The van der Waals surface area contributed by atoms with E-state index in [4.69, 9.17) is 4.74 Å². The minimum absolute atomic E-state index is 0.0151. The van der Waals surface area contributed by atoms with Crippen molar-refractivity contribution in [2.75, 3.05) is 24.2 Å². The number of hydrogen-bond donors (Lipinski definition) is 1. The van der Waals surface area contributed by atoms with E-state index in [2.05, 4.69) is 5.32 Å². The van der Waals surface area contributed by atoms with Gasteiger partial charge in [-0.1, -0.05) is 32.0 Å². The van der Waals surface area contributed by atoms with Crippen LogP contribution in [0.3, 0.4) is 0 Å². The highest BCUT2D eigenvalue weighted by Gasteiger charge is 2.32. The number of methoxy groups -OCH3 is 1. The van der Waals surface area contributed by atoms with E-state index in [1.807, 2.05) is 13.8 Å². The molecular formula is C25H34FN3O5S. The van der Waals surface area contributed by atoms with Gasteiger partial charge in [0, 0.05) is 18.7 Å². The van der Waals surface area contributed by atoms with Gasteiger partial charge < -0.3 is 15.0 Å². The third-order valence-electron chi connectivity index (χ3n) is 5.67. The number of sulfonamides is 1. The number of benzene rings is 2. The van der Waals surface area contributed by atoms with Crippen LogP contribution in [0.4, 0.5) is 10.1 Å². The van der Waals surface area contributed by atoms with Crippen LogP contribution in [-0.4, -0.2) is 57.1 Å². The number of nitrogens with zero attached hydrogens (tertiary/aromatic N) is 2. The SMILES string of the molecule is CC[C@@H](C)NC(=O)[C@H](CC)N(Cc1ccc(F)cc1)C(=O)CN(c1cccc(OC)c1)S(C)(=O)=O. The molecular weight excluding hydrogens is 473 g/mol. The summed E-state index contributed by atoms with van der Waals surface area (Å²) < 4.78 is 44.9. The highest BCUT2D eigenvalue weighted by Crippen LogP contribution is 2.24. The molecule has 0 saturated heterocycles. The van der Waals surface area contributed by atoms with Gasteiger partial charge in [-0.3, -0.25) is 13.9 Å². The first-order valence-electron chi connectivity index (χ1n) is 11.5. The summed E-state index contributed by atoms with van der Waals surface area (Å²) in [6.07, 6.45) is 2.04. The second-order valence-corrected chi connectivity index (χ2v) is 10.3. The second kappa shape index (κ2) is 12.5. The predicted octanol–water partition coefficient (Wildman–Crippen LogP) is 3.32. The monoisotopic (exact) mass is 507 g/mol. The summed E-state index contributed by atoms with van der Waals surface area (Å²) in [7, 11) is -2.39. The molecule has 35 heavy (non-hydrogen) atoms. The van der Waals surface area contributed by atoms with E-state index in [0.29, 0.717) is 24.2 Å². The normalized spacial score (nSPS) is 13.0. The zero-order valence-corrected chi connectivity index (χ0v) is 21.6. The Morgan fingerprint density at radius 1 is 1.09 bits per heavy atom. The summed E-state index contributed by atoms with van der Waals surface area (Å²) in [5.41, 5.74) is 0.876. The fraction of sp³-hybridized carbons (Fsp3) is 0.440. The van der Waals surface area contributed by atoms with Crippen LogP contribution in [-0.2, 0) is 26.2 Å². The van der Waals surface area contributed by atoms with Crippen molar-refractivity contribution in [3.05, 3.63) is 59.9 Å². The number of carbonyl (C=O) groups excluding carboxylic acids is 2. The maximum atomic E-state index is 13.6. The lowest BCUT2D eigenvalue weighted by Gasteiger charge is -2.33. The summed E-state index contributed by atoms with van der Waals surface area (Å²) in [6, 6.07) is 11.1. The lowest BCUT2D eigenvalue weighted by atomic mass is 10.1. The Morgan fingerprint density at radius 2 is 1.74 bits per heavy atom. The molecule has 192 valence electrons. The minimum Gasteiger partial charge on any atom is -0.497 e. The fourth-order valence-electron chi connectivity index (χ4n) is 3.53. The van der Waals surface area contributed by atoms with Gasteiger partial charge in [-0.25, -0.2) is 12.8 Å². The number of rotatable bonds is 12. The molecule has 8 nitrogen and oxygen atoms in total. The van der Waals surface area contributed by atoms with Crippen LogP contribution < -0.4 is 14.4 Å². The molecule has 2 aromatic rings. The average Bonchev–Trinajstić information content (AvgIpc) is 2.82. The standard InChI is InChI=1S/C25H34FN3O5S/c1-6-18(3)27-25(31)23(7-2)28(16-19-11-13-20(26)14-12-19)24(30)17-29(35(5,32)33)21-9-8-10-22(15-21)34-4/h8-15,18,23H,6-7,16-17H2,1-5H3,(H,27,31)/t18-,23+/m1/s1. The molecule has 0 heterocycles. The molecule has 0 aliphatic carbocycles. The van der Waals surface area contributed by atoms with E-state index in [9.17, 15) is 22.4 Å². The quantitative estimate of drug-likeness (QED) is 0.476. The molecule has 0 fully saturated rings. The largest absolute Gasteiger partial charge is 0.497 e. The van der Waals surface area contributed by atoms with Crippen molar-refractivity contribution in [3.8, 4) is 5.75 Å². The summed E-state index contributed by atoms with van der Waals surface area (Å²) in [5, 5.41) is 2.90. The molecule has 1 N–H and O–H groups in total. The molecule has 2 aromatic carbocycles. The van der Waals surface area contributed by atoms with Crippen LogP contribution in [0.1, 0.15) is 39.2 Å². The summed E-state index contributed by atoms with van der Waals surface area (Å²) in [5.74, 6) is -0.876. The molecule has 0 aromatic heterocycles. The average molecular weight is 508 g/mol. The highest BCUT2D eigenvalue weighted by atomic mass is 32.2. The van der Waals surface area contributed by atoms with E-state index >= 15 is 0 Å². The first-order chi connectivity index (χ1) is 16.5. The Bertz CT molecular complexity index is 1110. The van der Waals surface area contributed by atoms with Crippen LogP contribution in [0.15, 0.2) is 48.5 Å². The first-order valence-corrected chi connectivity index (χ1v) is 13.3. The predicted molar refractivity (Wildman–Crippen MR) is 134 cm³/mol. The van der Waals surface area contributed by atoms with Gasteiger partial charge in [-0.05, 0) is 49.6 Å². The van der Waals surface area contributed by atoms with Crippen LogP contribution in [0.25, 0.3) is 0 Å². The van der Waals surface area contributed by atoms with Crippen LogP contribution in [0.2, 0.25) is 0 Å². The number of hydrogen-bond acceptors (Lipinski definition) is 5. The van der Waals surface area contributed by atoms with E-state index in [1.54, 1.807) is 25.1 Å². The van der Waals surface area contributed by atoms with Gasteiger partial charge in [0.2, 0.25) is 21.8 Å². The van der Waals surface area contributed by atoms with E-state index in [-0.39, 0.29) is 24.2 Å². The molecule has 0 bridgehead atoms. The van der Waals surface area contributed by atoms with Gasteiger partial charge >= 0.3 is 0 Å². The summed E-state index contributed by atoms with van der Waals surface area (Å²) in [6.45, 7) is 5.08. The second-order valence-electron chi connectivity index (χ2n) is 8.36. The van der Waals surface area contributed by atoms with Crippen molar-refractivity contribution < 1.29 is 27.1 Å². The van der Waals surface area contributed by atoms with Crippen LogP contribution >= 0.6 is 0 Å². The number of amides is 2. The molecule has 0 unspecified atom stereocenters. The van der Waals surface area contributed by atoms with Crippen LogP contribution in [0.5, 0.6) is 5.75 Å². The number of carbonyl (C=O) groups is 2. The number of halogens is 1. The fourth-order valence-corrected chi connectivity index (χ4v) is 4.37. The lowest BCUT2D eigenvalue weighted by molar-refractivity contribution is -0.140. The molecule has 2 amide bonds. The van der Waals surface area contributed by atoms with Crippen molar-refractivity contribution in [1.82, 2.24) is 10.2 Å². The Kier molecular flexibility index (Phi) is 10.1. The molecule has 0 aliphatic heterocycles. The van der Waals surface area contributed by atoms with Gasteiger partial charge in [0.25, 0.3) is 0 Å². The Labute approximate surface area is 207 Å². The maximum Gasteiger partial charge on any atom is 0.244 e. The topological polar surface area (TPSA) is 96.0 Å². The van der Waals surface area contributed by atoms with Crippen molar-refractivity contribution in [2.24, 2.45) is 0 Å². The Morgan fingerprint density at radius 3 is 2.29 bits per heavy atom. The summed E-state index contributed by atoms with van der Waals surface area (Å²) >= 11 is 0. The zero-order valence-electron chi connectivity index (χ0n) is 20.8. The molecule has 2 rings (SSSR count). The van der Waals surface area contributed by atoms with Gasteiger partial charge in [0.15, 0.2) is 0 Å². The van der Waals surface area contributed by atoms with Gasteiger partial charge in [-0.2, -0.15) is 0 Å². The molecule has 0 saturated carbocycles. The first kappa shape index (κ1) is 28.1. The molecule has 10 heteroatoms. The van der Waals surface area contributed by atoms with Gasteiger partial charge in [0.1, 0.15) is 24.2 Å². The van der Waals surface area contributed by atoms with Crippen molar-refractivity contribution in [2.45, 2.75) is 52.2 Å². The molecule has 0 aliphatic rings. The summed E-state index contributed by atoms with van der Waals surface area (Å²) in [4.78, 5) is 28.0. The van der Waals surface area contributed by atoms with Gasteiger partial charge in [0.05, 0.1) is 19.1 Å². The third kappa shape index (κ3) is 7.95. The highest BCUT2D eigenvalue weighted by molar-refractivity contribution is 7.92. The molecule has 0 radical (unpaired) electrons. The van der Waals surface area contributed by atoms with Crippen molar-refractivity contribution >= 4 is 27.5 Å². The molecule has 2 atom stereocenters. The molecule has 0 spiro atoms. The van der Waals surface area contributed by atoms with Crippen molar-refractivity contribution in [1.29, 1.82) is 0 Å². The van der Waals surface area contributed by atoms with Crippen LogP contribution in [0, 0.1) is 5.82 Å². The number of anilines is 1. The maximum absolute atomic E-state index is 13.6. The Hall–Kier alpha value is -3.14. The smallest absolute Gasteiger partial charge is 0.244 e. The Balaban J connectivity index is 2.44. The minimum atomic E-state index is -3.85. The third-order valence-corrected chi connectivity index (χ3v) is 6.81. The van der Waals surface area contributed by atoms with E-state index < -0.39 is 34.3 Å². The zero-order chi connectivity index (χ0) is 26.2. The number of nitrogens with one attached hydrogen (secondary N) is 1. The lowest BCUT2D eigenvalue weighted by Crippen LogP contribution is -2.53. The van der Waals surface area contributed by atoms with E-state index in [0.717, 1.165) is 10.6 Å².